The number of thioether (sulfide) groups is 1. The Morgan fingerprint density at radius 3 is 2.55 bits per heavy atom. The Balaban J connectivity index is 1.54. The van der Waals surface area contributed by atoms with Crippen LogP contribution in [0, 0.1) is 0 Å². The number of aryl methyl sites for hydroxylation is 1. The van der Waals surface area contributed by atoms with E-state index in [0.29, 0.717) is 23.9 Å². The Labute approximate surface area is 200 Å². The number of hydrogen-bond acceptors (Lipinski definition) is 6. The van der Waals surface area contributed by atoms with E-state index < -0.39 is 0 Å². The van der Waals surface area contributed by atoms with Gasteiger partial charge in [-0.1, -0.05) is 69.1 Å². The highest BCUT2D eigenvalue weighted by Crippen LogP contribution is 2.28. The lowest BCUT2D eigenvalue weighted by molar-refractivity contribution is -0.118. The fourth-order valence-electron chi connectivity index (χ4n) is 3.45. The van der Waals surface area contributed by atoms with Crippen LogP contribution in [-0.2, 0) is 17.6 Å². The van der Waals surface area contributed by atoms with Crippen LogP contribution in [0.25, 0.3) is 0 Å². The van der Waals surface area contributed by atoms with E-state index in [1.165, 1.54) is 36.6 Å². The monoisotopic (exact) mass is 467 g/mol. The molecule has 0 radical (unpaired) electrons. The molecule has 1 fully saturated rings. The number of carbonyl (C=O) groups excluding carboxylic acids is 1. The molecule has 2 aromatic carbocycles. The van der Waals surface area contributed by atoms with E-state index in [4.69, 9.17) is 9.47 Å². The third kappa shape index (κ3) is 7.63. The van der Waals surface area contributed by atoms with Crippen molar-refractivity contribution in [2.45, 2.75) is 57.6 Å². The number of methoxy groups -OCH3 is 1. The van der Waals surface area contributed by atoms with Crippen molar-refractivity contribution in [3.8, 4) is 11.5 Å². The molecule has 1 aliphatic heterocycles. The van der Waals surface area contributed by atoms with Crippen molar-refractivity contribution in [1.29, 1.82) is 0 Å². The number of amidine groups is 1. The summed E-state index contributed by atoms with van der Waals surface area (Å²) in [5.41, 5.74) is 3.28. The fraction of sp³-hybridized carbons (Fsp3) is 0.423. The minimum atomic E-state index is -0.194. The molecule has 0 aromatic heterocycles. The van der Waals surface area contributed by atoms with Gasteiger partial charge in [-0.15, -0.1) is 5.10 Å². The molecule has 1 saturated heterocycles. The first-order chi connectivity index (χ1) is 16.1. The van der Waals surface area contributed by atoms with Gasteiger partial charge in [-0.25, -0.2) is 0 Å². The lowest BCUT2D eigenvalue weighted by Gasteiger charge is -2.11. The average molecular weight is 468 g/mol. The largest absolute Gasteiger partial charge is 0.493 e. The second-order valence-electron chi connectivity index (χ2n) is 7.94. The van der Waals surface area contributed by atoms with Crippen molar-refractivity contribution in [2.24, 2.45) is 10.2 Å². The predicted molar refractivity (Wildman–Crippen MR) is 137 cm³/mol. The number of nitrogens with one attached hydrogen (secondary N) is 1. The van der Waals surface area contributed by atoms with Gasteiger partial charge in [0.1, 0.15) is 0 Å². The number of rotatable bonds is 12. The summed E-state index contributed by atoms with van der Waals surface area (Å²) in [6.07, 6.45) is 7.95. The molecule has 0 unspecified atom stereocenters. The number of ether oxygens (including phenoxy) is 2. The van der Waals surface area contributed by atoms with E-state index in [-0.39, 0.29) is 11.2 Å². The van der Waals surface area contributed by atoms with Gasteiger partial charge in [0.05, 0.1) is 25.2 Å². The third-order valence-corrected chi connectivity index (χ3v) is 6.50. The number of benzene rings is 2. The molecule has 0 spiro atoms. The number of amides is 1. The molecule has 2 aromatic rings. The van der Waals surface area contributed by atoms with E-state index in [2.05, 4.69) is 53.6 Å². The van der Waals surface area contributed by atoms with Crippen LogP contribution >= 0.6 is 11.8 Å². The molecule has 176 valence electrons. The van der Waals surface area contributed by atoms with Crippen LogP contribution < -0.4 is 14.8 Å². The van der Waals surface area contributed by atoms with Crippen LogP contribution in [0.4, 0.5) is 0 Å². The summed E-state index contributed by atoms with van der Waals surface area (Å²) in [6, 6.07) is 14.1. The second-order valence-corrected chi connectivity index (χ2v) is 9.13. The molecular formula is C26H33N3O3S. The average Bonchev–Trinajstić information content (AvgIpc) is 3.18. The Bertz CT molecular complexity index is 973. The highest BCUT2D eigenvalue weighted by atomic mass is 32.2. The zero-order chi connectivity index (χ0) is 23.5. The molecule has 7 heteroatoms. The van der Waals surface area contributed by atoms with Gasteiger partial charge in [0.15, 0.2) is 16.7 Å². The first kappa shape index (κ1) is 24.8. The predicted octanol–water partition coefficient (Wildman–Crippen LogP) is 5.38. The van der Waals surface area contributed by atoms with Gasteiger partial charge in [-0.05, 0) is 54.2 Å². The maximum absolute atomic E-state index is 12.3. The summed E-state index contributed by atoms with van der Waals surface area (Å²) < 4.78 is 11.3. The van der Waals surface area contributed by atoms with Crippen LogP contribution in [0.5, 0.6) is 11.5 Å². The number of unbranched alkanes of at least 4 members (excludes halogenated alkanes) is 3. The number of carbonyl (C=O) groups is 1. The van der Waals surface area contributed by atoms with Crippen molar-refractivity contribution in [3.63, 3.8) is 0 Å². The van der Waals surface area contributed by atoms with Crippen LogP contribution in [0.15, 0.2) is 52.7 Å². The maximum Gasteiger partial charge on any atom is 0.239 e. The summed E-state index contributed by atoms with van der Waals surface area (Å²) in [4.78, 5) is 12.3. The molecule has 0 bridgehead atoms. The number of nitrogens with zero attached hydrogens (tertiary/aromatic N) is 2. The summed E-state index contributed by atoms with van der Waals surface area (Å²) >= 11 is 1.41. The van der Waals surface area contributed by atoms with Crippen LogP contribution in [0.3, 0.4) is 0 Å². The highest BCUT2D eigenvalue weighted by Gasteiger charge is 2.30. The topological polar surface area (TPSA) is 72.3 Å². The van der Waals surface area contributed by atoms with Crippen molar-refractivity contribution in [1.82, 2.24) is 5.32 Å². The number of hydrogen-bond donors (Lipinski definition) is 1. The standard InChI is InChI=1S/C26H33N3O3S/c1-4-6-7-8-15-32-22-14-13-21(16-23(22)31-3)18-27-29-26-28-25(30)24(33-26)17-20-11-9-19(5-2)10-12-20/h9-14,16,18,24H,4-8,15,17H2,1-3H3,(H,28,29,30)/b27-18-/t24-/m1/s1. The van der Waals surface area contributed by atoms with Crippen molar-refractivity contribution >= 4 is 29.1 Å². The van der Waals surface area contributed by atoms with E-state index in [1.807, 2.05) is 18.2 Å². The molecule has 6 nitrogen and oxygen atoms in total. The summed E-state index contributed by atoms with van der Waals surface area (Å²) in [7, 11) is 1.63. The van der Waals surface area contributed by atoms with Crippen molar-refractivity contribution in [2.75, 3.05) is 13.7 Å². The van der Waals surface area contributed by atoms with Crippen LogP contribution in [-0.4, -0.2) is 36.3 Å². The van der Waals surface area contributed by atoms with E-state index >= 15 is 0 Å². The lowest BCUT2D eigenvalue weighted by Crippen LogP contribution is -2.25. The normalized spacial score (nSPS) is 17.0. The van der Waals surface area contributed by atoms with Gasteiger partial charge < -0.3 is 14.8 Å². The Hall–Kier alpha value is -2.80. The van der Waals surface area contributed by atoms with E-state index in [9.17, 15) is 4.79 Å². The van der Waals surface area contributed by atoms with Crippen LogP contribution in [0.2, 0.25) is 0 Å². The summed E-state index contributed by atoms with van der Waals surface area (Å²) in [6.45, 7) is 5.00. The van der Waals surface area contributed by atoms with Gasteiger partial charge >= 0.3 is 0 Å². The molecule has 3 rings (SSSR count). The Kier molecular flexibility index (Phi) is 9.81. The molecule has 1 heterocycles. The minimum Gasteiger partial charge on any atom is -0.493 e. The molecular weight excluding hydrogens is 434 g/mol. The molecule has 1 amide bonds. The summed E-state index contributed by atoms with van der Waals surface area (Å²) in [5.74, 6) is 1.36. The van der Waals surface area contributed by atoms with Crippen molar-refractivity contribution < 1.29 is 14.3 Å². The zero-order valence-corrected chi connectivity index (χ0v) is 20.5. The Morgan fingerprint density at radius 1 is 1.03 bits per heavy atom. The van der Waals surface area contributed by atoms with E-state index in [0.717, 1.165) is 29.7 Å². The van der Waals surface area contributed by atoms with Crippen LogP contribution in [0.1, 0.15) is 56.2 Å². The minimum absolute atomic E-state index is 0.0318. The fourth-order valence-corrected chi connectivity index (χ4v) is 4.42. The zero-order valence-electron chi connectivity index (χ0n) is 19.7. The van der Waals surface area contributed by atoms with Gasteiger partial charge in [-0.3, -0.25) is 4.79 Å². The lowest BCUT2D eigenvalue weighted by atomic mass is 10.1. The smallest absolute Gasteiger partial charge is 0.239 e. The molecule has 33 heavy (non-hydrogen) atoms. The molecule has 1 N–H and O–H groups in total. The maximum atomic E-state index is 12.3. The molecule has 0 aliphatic carbocycles. The molecule has 0 saturated carbocycles. The van der Waals surface area contributed by atoms with E-state index in [1.54, 1.807) is 13.3 Å². The SMILES string of the molecule is CCCCCCOc1ccc(/C=N\N=C2\NC(=O)[C@@H](Cc3ccc(CC)cc3)S2)cc1OC. The first-order valence-corrected chi connectivity index (χ1v) is 12.5. The highest BCUT2D eigenvalue weighted by molar-refractivity contribution is 8.15. The van der Waals surface area contributed by atoms with Gasteiger partial charge in [-0.2, -0.15) is 5.10 Å². The second kappa shape index (κ2) is 13.0. The van der Waals surface area contributed by atoms with Crippen molar-refractivity contribution in [3.05, 3.63) is 59.2 Å². The quantitative estimate of drug-likeness (QED) is 0.258. The molecule has 1 aliphatic rings. The Morgan fingerprint density at radius 2 is 1.82 bits per heavy atom. The third-order valence-electron chi connectivity index (χ3n) is 5.43. The summed E-state index contributed by atoms with van der Waals surface area (Å²) in [5, 5.41) is 11.5. The van der Waals surface area contributed by atoms with Gasteiger partial charge in [0, 0.05) is 0 Å². The van der Waals surface area contributed by atoms with Gasteiger partial charge in [0.2, 0.25) is 5.91 Å². The first-order valence-electron chi connectivity index (χ1n) is 11.6. The van der Waals surface area contributed by atoms with Gasteiger partial charge in [0.25, 0.3) is 0 Å². The molecule has 1 atom stereocenters.